The third kappa shape index (κ3) is 2.56. The molecule has 1 rings (SSSR count). The molecule has 0 saturated heterocycles. The Kier molecular flexibility index (Phi) is 5.20. The molecule has 0 aliphatic rings. The molecule has 1 heterocycles. The van der Waals surface area contributed by atoms with Crippen LogP contribution in [0.1, 0.15) is 45.9 Å². The van der Waals surface area contributed by atoms with Gasteiger partial charge in [0.15, 0.2) is 0 Å². The molecule has 2 atom stereocenters. The summed E-state index contributed by atoms with van der Waals surface area (Å²) in [6, 6.07) is -0.151. The SMILES string of the molecule is CCN(CC)C(C)(CC)C(N)c1c(Cl)cnn1C. The van der Waals surface area contributed by atoms with Crippen LogP contribution in [0.4, 0.5) is 0 Å². The molecule has 104 valence electrons. The fourth-order valence-corrected chi connectivity index (χ4v) is 2.93. The molecule has 0 aromatic carbocycles. The van der Waals surface area contributed by atoms with Crippen LogP contribution in [0, 0.1) is 0 Å². The Balaban J connectivity index is 3.16. The van der Waals surface area contributed by atoms with Gasteiger partial charge in [0.2, 0.25) is 0 Å². The van der Waals surface area contributed by atoms with E-state index in [1.807, 2.05) is 7.05 Å². The molecule has 2 N–H and O–H groups in total. The van der Waals surface area contributed by atoms with Gasteiger partial charge in [-0.1, -0.05) is 32.4 Å². The number of aryl methyl sites for hydroxylation is 1. The number of nitrogens with zero attached hydrogens (tertiary/aromatic N) is 3. The van der Waals surface area contributed by atoms with E-state index in [4.69, 9.17) is 17.3 Å². The lowest BCUT2D eigenvalue weighted by Crippen LogP contribution is -2.53. The molecule has 18 heavy (non-hydrogen) atoms. The minimum absolute atomic E-state index is 0.110. The van der Waals surface area contributed by atoms with Crippen molar-refractivity contribution in [3.8, 4) is 0 Å². The van der Waals surface area contributed by atoms with Gasteiger partial charge in [0.1, 0.15) is 0 Å². The van der Waals surface area contributed by atoms with E-state index in [9.17, 15) is 0 Å². The minimum atomic E-state index is -0.151. The Morgan fingerprint density at radius 1 is 1.44 bits per heavy atom. The number of halogens is 1. The molecule has 0 radical (unpaired) electrons. The van der Waals surface area contributed by atoms with Crippen LogP contribution in [-0.4, -0.2) is 33.3 Å². The summed E-state index contributed by atoms with van der Waals surface area (Å²) >= 11 is 6.21. The summed E-state index contributed by atoms with van der Waals surface area (Å²) in [5, 5.41) is 4.83. The van der Waals surface area contributed by atoms with Gasteiger partial charge in [-0.05, 0) is 26.4 Å². The minimum Gasteiger partial charge on any atom is -0.321 e. The van der Waals surface area contributed by atoms with E-state index < -0.39 is 0 Å². The van der Waals surface area contributed by atoms with Crippen molar-refractivity contribution in [2.75, 3.05) is 13.1 Å². The van der Waals surface area contributed by atoms with Crippen molar-refractivity contribution < 1.29 is 0 Å². The first kappa shape index (κ1) is 15.5. The Morgan fingerprint density at radius 2 is 2.00 bits per heavy atom. The highest BCUT2D eigenvalue weighted by Gasteiger charge is 2.38. The summed E-state index contributed by atoms with van der Waals surface area (Å²) in [7, 11) is 1.89. The lowest BCUT2D eigenvalue weighted by molar-refractivity contribution is 0.0817. The molecule has 1 aromatic heterocycles. The van der Waals surface area contributed by atoms with E-state index in [0.29, 0.717) is 5.02 Å². The van der Waals surface area contributed by atoms with E-state index in [0.717, 1.165) is 25.2 Å². The second kappa shape index (κ2) is 6.04. The first-order valence-electron chi connectivity index (χ1n) is 6.60. The van der Waals surface area contributed by atoms with Gasteiger partial charge in [0, 0.05) is 12.6 Å². The van der Waals surface area contributed by atoms with Crippen LogP contribution in [0.2, 0.25) is 5.02 Å². The zero-order valence-electron chi connectivity index (χ0n) is 12.1. The van der Waals surface area contributed by atoms with Gasteiger partial charge >= 0.3 is 0 Å². The molecule has 0 aliphatic heterocycles. The van der Waals surface area contributed by atoms with Crippen LogP contribution >= 0.6 is 11.6 Å². The van der Waals surface area contributed by atoms with Gasteiger partial charge in [-0.2, -0.15) is 5.10 Å². The predicted molar refractivity (Wildman–Crippen MR) is 76.8 cm³/mol. The van der Waals surface area contributed by atoms with Crippen LogP contribution in [0.3, 0.4) is 0 Å². The number of nitrogens with two attached hydrogens (primary N) is 1. The zero-order chi connectivity index (χ0) is 13.9. The smallest absolute Gasteiger partial charge is 0.0834 e. The quantitative estimate of drug-likeness (QED) is 0.866. The maximum Gasteiger partial charge on any atom is 0.0834 e. The van der Waals surface area contributed by atoms with Crippen molar-refractivity contribution in [1.29, 1.82) is 0 Å². The molecule has 5 heteroatoms. The molecule has 0 bridgehead atoms. The highest BCUT2D eigenvalue weighted by Crippen LogP contribution is 2.35. The van der Waals surface area contributed by atoms with Crippen LogP contribution in [0.25, 0.3) is 0 Å². The molecular formula is C13H25ClN4. The topological polar surface area (TPSA) is 47.1 Å². The fourth-order valence-electron chi connectivity index (χ4n) is 2.65. The summed E-state index contributed by atoms with van der Waals surface area (Å²) in [6.45, 7) is 10.6. The Bertz CT molecular complexity index is 367. The largest absolute Gasteiger partial charge is 0.321 e. The molecule has 1 aromatic rings. The summed E-state index contributed by atoms with van der Waals surface area (Å²) < 4.78 is 1.78. The normalized spacial score (nSPS) is 16.9. The second-order valence-corrected chi connectivity index (χ2v) is 5.27. The molecule has 0 spiro atoms. The first-order valence-corrected chi connectivity index (χ1v) is 6.98. The summed E-state index contributed by atoms with van der Waals surface area (Å²) in [4.78, 5) is 2.39. The fraction of sp³-hybridized carbons (Fsp3) is 0.769. The van der Waals surface area contributed by atoms with E-state index in [1.54, 1.807) is 10.9 Å². The third-order valence-electron chi connectivity index (χ3n) is 4.10. The van der Waals surface area contributed by atoms with Crippen LogP contribution in [-0.2, 0) is 7.05 Å². The van der Waals surface area contributed by atoms with Gasteiger partial charge < -0.3 is 5.73 Å². The molecule has 4 nitrogen and oxygen atoms in total. The Labute approximate surface area is 115 Å². The number of likely N-dealkylation sites (N-methyl/N-ethyl adjacent to an activating group) is 1. The molecular weight excluding hydrogens is 248 g/mol. The monoisotopic (exact) mass is 272 g/mol. The van der Waals surface area contributed by atoms with Crippen molar-refractivity contribution in [1.82, 2.24) is 14.7 Å². The van der Waals surface area contributed by atoms with Gasteiger partial charge in [-0.25, -0.2) is 0 Å². The van der Waals surface area contributed by atoms with Crippen LogP contribution in [0.15, 0.2) is 6.20 Å². The molecule has 0 amide bonds. The average Bonchev–Trinajstić information content (AvgIpc) is 2.69. The maximum absolute atomic E-state index is 6.50. The number of hydrogen-bond acceptors (Lipinski definition) is 3. The predicted octanol–water partition coefficient (Wildman–Crippen LogP) is 2.58. The van der Waals surface area contributed by atoms with Crippen LogP contribution in [0.5, 0.6) is 0 Å². The van der Waals surface area contributed by atoms with Crippen molar-refractivity contribution in [2.24, 2.45) is 12.8 Å². The van der Waals surface area contributed by atoms with E-state index in [-0.39, 0.29) is 11.6 Å². The van der Waals surface area contributed by atoms with Crippen molar-refractivity contribution in [3.63, 3.8) is 0 Å². The standard InChI is InChI=1S/C13H25ClN4/c1-6-13(4,18(7-2)8-3)12(15)11-10(14)9-16-17(11)5/h9,12H,6-8,15H2,1-5H3. The summed E-state index contributed by atoms with van der Waals surface area (Å²) in [5.41, 5.74) is 7.30. The molecule has 2 unspecified atom stereocenters. The van der Waals surface area contributed by atoms with Crippen molar-refractivity contribution in [3.05, 3.63) is 16.9 Å². The van der Waals surface area contributed by atoms with Crippen molar-refractivity contribution >= 4 is 11.6 Å². The number of hydrogen-bond donors (Lipinski definition) is 1. The second-order valence-electron chi connectivity index (χ2n) is 4.86. The number of rotatable bonds is 6. The lowest BCUT2D eigenvalue weighted by Gasteiger charge is -2.44. The molecule has 0 aliphatic carbocycles. The molecule has 0 fully saturated rings. The van der Waals surface area contributed by atoms with Gasteiger partial charge in [0.05, 0.1) is 23.0 Å². The van der Waals surface area contributed by atoms with Gasteiger partial charge in [-0.3, -0.25) is 9.58 Å². The van der Waals surface area contributed by atoms with Crippen molar-refractivity contribution in [2.45, 2.75) is 45.7 Å². The first-order chi connectivity index (χ1) is 8.42. The average molecular weight is 273 g/mol. The summed E-state index contributed by atoms with van der Waals surface area (Å²) in [5.74, 6) is 0. The Hall–Kier alpha value is -0.580. The van der Waals surface area contributed by atoms with Gasteiger partial charge in [-0.15, -0.1) is 0 Å². The molecule has 0 saturated carbocycles. The summed E-state index contributed by atoms with van der Waals surface area (Å²) in [6.07, 6.45) is 2.63. The van der Waals surface area contributed by atoms with Crippen LogP contribution < -0.4 is 5.73 Å². The lowest BCUT2D eigenvalue weighted by atomic mass is 9.85. The maximum atomic E-state index is 6.50. The van der Waals surface area contributed by atoms with Gasteiger partial charge in [0.25, 0.3) is 0 Å². The highest BCUT2D eigenvalue weighted by atomic mass is 35.5. The highest BCUT2D eigenvalue weighted by molar-refractivity contribution is 6.31. The Morgan fingerprint density at radius 3 is 2.33 bits per heavy atom. The van der Waals surface area contributed by atoms with E-state index in [2.05, 4.69) is 37.7 Å². The zero-order valence-corrected chi connectivity index (χ0v) is 12.8. The third-order valence-corrected chi connectivity index (χ3v) is 4.40. The van der Waals surface area contributed by atoms with E-state index >= 15 is 0 Å². The van der Waals surface area contributed by atoms with E-state index in [1.165, 1.54) is 0 Å². The number of aromatic nitrogens is 2.